The maximum absolute atomic E-state index is 12.4. The van der Waals surface area contributed by atoms with E-state index in [1.807, 2.05) is 0 Å². The van der Waals surface area contributed by atoms with Crippen LogP contribution in [0.2, 0.25) is 10.0 Å². The third kappa shape index (κ3) is 4.30. The molecule has 11 heteroatoms. The van der Waals surface area contributed by atoms with Gasteiger partial charge in [0.25, 0.3) is 17.5 Å². The van der Waals surface area contributed by atoms with Crippen LogP contribution in [0.3, 0.4) is 0 Å². The first-order valence-electron chi connectivity index (χ1n) is 8.16. The van der Waals surface area contributed by atoms with Gasteiger partial charge in [-0.1, -0.05) is 29.3 Å². The van der Waals surface area contributed by atoms with Crippen LogP contribution in [0.25, 0.3) is 0 Å². The normalized spacial score (nSPS) is 12.7. The molecular formula is C18H12Cl2N2O7. The first-order chi connectivity index (χ1) is 13.8. The van der Waals surface area contributed by atoms with Crippen molar-refractivity contribution in [3.63, 3.8) is 0 Å². The standard InChI is InChI=1S/C18H12Cl2N2O7/c19-10-4-5-14(12(20)8-10)28-6-7-29-15(23)9-21-17(24)11-2-1-3-13(22(26)27)16(11)18(21)25/h1-5,8H,6-7,9H2. The van der Waals surface area contributed by atoms with Gasteiger partial charge in [-0.3, -0.25) is 29.4 Å². The number of nitrogens with zero attached hydrogens (tertiary/aromatic N) is 2. The molecule has 150 valence electrons. The molecule has 0 atom stereocenters. The van der Waals surface area contributed by atoms with Crippen molar-refractivity contribution in [1.82, 2.24) is 4.90 Å². The van der Waals surface area contributed by atoms with Crippen LogP contribution in [0.5, 0.6) is 5.75 Å². The summed E-state index contributed by atoms with van der Waals surface area (Å²) >= 11 is 11.7. The van der Waals surface area contributed by atoms with E-state index in [0.29, 0.717) is 15.7 Å². The Kier molecular flexibility index (Phi) is 6.00. The molecular weight excluding hydrogens is 427 g/mol. The summed E-state index contributed by atoms with van der Waals surface area (Å²) < 4.78 is 10.3. The first-order valence-corrected chi connectivity index (χ1v) is 8.92. The van der Waals surface area contributed by atoms with Crippen molar-refractivity contribution in [2.24, 2.45) is 0 Å². The Morgan fingerprint density at radius 3 is 2.55 bits per heavy atom. The third-order valence-corrected chi connectivity index (χ3v) is 4.49. The number of carbonyl (C=O) groups is 3. The first kappa shape index (κ1) is 20.6. The maximum Gasteiger partial charge on any atom is 0.326 e. The van der Waals surface area contributed by atoms with Gasteiger partial charge in [0.2, 0.25) is 0 Å². The predicted octanol–water partition coefficient (Wildman–Crippen LogP) is 3.12. The molecule has 0 N–H and O–H groups in total. The molecule has 1 aliphatic heterocycles. The van der Waals surface area contributed by atoms with E-state index in [0.717, 1.165) is 6.07 Å². The van der Waals surface area contributed by atoms with Crippen molar-refractivity contribution < 1.29 is 28.8 Å². The van der Waals surface area contributed by atoms with Crippen molar-refractivity contribution in [3.8, 4) is 5.75 Å². The number of nitro benzene ring substituents is 1. The Bertz CT molecular complexity index is 1030. The predicted molar refractivity (Wildman–Crippen MR) is 101 cm³/mol. The number of esters is 1. The average molecular weight is 439 g/mol. The molecule has 0 unspecified atom stereocenters. The van der Waals surface area contributed by atoms with Crippen LogP contribution in [0, 0.1) is 10.1 Å². The number of hydrogen-bond acceptors (Lipinski definition) is 7. The molecule has 0 bridgehead atoms. The Hall–Kier alpha value is -3.17. The minimum absolute atomic E-state index is 0.0271. The lowest BCUT2D eigenvalue weighted by atomic mass is 10.1. The summed E-state index contributed by atoms with van der Waals surface area (Å²) in [7, 11) is 0. The van der Waals surface area contributed by atoms with Gasteiger partial charge in [-0.05, 0) is 24.3 Å². The highest BCUT2D eigenvalue weighted by atomic mass is 35.5. The van der Waals surface area contributed by atoms with Gasteiger partial charge in [0.1, 0.15) is 31.1 Å². The van der Waals surface area contributed by atoms with E-state index >= 15 is 0 Å². The maximum atomic E-state index is 12.4. The van der Waals surface area contributed by atoms with E-state index in [2.05, 4.69) is 0 Å². The van der Waals surface area contributed by atoms with Gasteiger partial charge in [0.15, 0.2) is 0 Å². The summed E-state index contributed by atoms with van der Waals surface area (Å²) in [5.41, 5.74) is -0.960. The van der Waals surface area contributed by atoms with Gasteiger partial charge in [-0.15, -0.1) is 0 Å². The molecule has 2 aromatic rings. The number of halogens is 2. The van der Waals surface area contributed by atoms with Crippen LogP contribution < -0.4 is 4.74 Å². The van der Waals surface area contributed by atoms with Gasteiger partial charge >= 0.3 is 5.97 Å². The highest BCUT2D eigenvalue weighted by molar-refractivity contribution is 6.35. The lowest BCUT2D eigenvalue weighted by Crippen LogP contribution is -2.36. The molecule has 0 spiro atoms. The molecule has 1 heterocycles. The zero-order valence-corrected chi connectivity index (χ0v) is 16.1. The van der Waals surface area contributed by atoms with Gasteiger partial charge in [-0.2, -0.15) is 0 Å². The molecule has 2 aromatic carbocycles. The summed E-state index contributed by atoms with van der Waals surface area (Å²) in [6.07, 6.45) is 0. The Morgan fingerprint density at radius 2 is 1.86 bits per heavy atom. The van der Waals surface area contributed by atoms with Crippen molar-refractivity contribution in [2.75, 3.05) is 19.8 Å². The highest BCUT2D eigenvalue weighted by Crippen LogP contribution is 2.30. The van der Waals surface area contributed by atoms with Crippen LogP contribution in [-0.4, -0.2) is 47.4 Å². The van der Waals surface area contributed by atoms with Crippen LogP contribution in [0.4, 0.5) is 5.69 Å². The molecule has 0 aromatic heterocycles. The second kappa shape index (κ2) is 8.46. The van der Waals surface area contributed by atoms with Crippen molar-refractivity contribution in [2.45, 2.75) is 0 Å². The second-order valence-electron chi connectivity index (χ2n) is 5.80. The fourth-order valence-electron chi connectivity index (χ4n) is 2.69. The average Bonchev–Trinajstić information content (AvgIpc) is 2.91. The molecule has 0 saturated carbocycles. The molecule has 9 nitrogen and oxygen atoms in total. The van der Waals surface area contributed by atoms with Crippen LogP contribution in [0.15, 0.2) is 36.4 Å². The van der Waals surface area contributed by atoms with E-state index < -0.39 is 34.9 Å². The highest BCUT2D eigenvalue weighted by Gasteiger charge is 2.41. The number of benzene rings is 2. The zero-order chi connectivity index (χ0) is 21.1. The summed E-state index contributed by atoms with van der Waals surface area (Å²) in [6.45, 7) is -0.868. The molecule has 0 fully saturated rings. The fourth-order valence-corrected chi connectivity index (χ4v) is 3.15. The molecule has 0 radical (unpaired) electrons. The number of amides is 2. The Morgan fingerprint density at radius 1 is 1.10 bits per heavy atom. The van der Waals surface area contributed by atoms with Crippen LogP contribution in [0.1, 0.15) is 20.7 Å². The molecule has 1 aliphatic rings. The van der Waals surface area contributed by atoms with E-state index in [4.69, 9.17) is 32.7 Å². The summed E-state index contributed by atoms with van der Waals surface area (Å²) in [5, 5.41) is 11.8. The lowest BCUT2D eigenvalue weighted by Gasteiger charge is -2.13. The molecule has 29 heavy (non-hydrogen) atoms. The van der Waals surface area contributed by atoms with Crippen molar-refractivity contribution >= 4 is 46.7 Å². The Balaban J connectivity index is 1.56. The summed E-state index contributed by atoms with van der Waals surface area (Å²) in [5.74, 6) is -2.24. The van der Waals surface area contributed by atoms with Crippen LogP contribution in [-0.2, 0) is 9.53 Å². The second-order valence-corrected chi connectivity index (χ2v) is 6.64. The molecule has 0 saturated heterocycles. The number of imide groups is 1. The number of nitro groups is 1. The molecule has 3 rings (SSSR count). The van der Waals surface area contributed by atoms with E-state index in [-0.39, 0.29) is 29.4 Å². The minimum Gasteiger partial charge on any atom is -0.488 e. The van der Waals surface area contributed by atoms with Gasteiger partial charge < -0.3 is 9.47 Å². The lowest BCUT2D eigenvalue weighted by molar-refractivity contribution is -0.385. The topological polar surface area (TPSA) is 116 Å². The van der Waals surface area contributed by atoms with E-state index in [9.17, 15) is 24.5 Å². The zero-order valence-electron chi connectivity index (χ0n) is 14.6. The van der Waals surface area contributed by atoms with E-state index in [1.165, 1.54) is 18.2 Å². The summed E-state index contributed by atoms with van der Waals surface area (Å²) in [6, 6.07) is 8.33. The van der Waals surface area contributed by atoms with Crippen LogP contribution >= 0.6 is 23.2 Å². The number of ether oxygens (including phenoxy) is 2. The van der Waals surface area contributed by atoms with E-state index in [1.54, 1.807) is 12.1 Å². The van der Waals surface area contributed by atoms with Gasteiger partial charge in [0, 0.05) is 11.1 Å². The fraction of sp³-hybridized carbons (Fsp3) is 0.167. The summed E-state index contributed by atoms with van der Waals surface area (Å²) in [4.78, 5) is 47.6. The largest absolute Gasteiger partial charge is 0.488 e. The third-order valence-electron chi connectivity index (χ3n) is 3.96. The number of carbonyl (C=O) groups excluding carboxylic acids is 3. The SMILES string of the molecule is O=C(CN1C(=O)c2cccc([N+](=O)[O-])c2C1=O)OCCOc1ccc(Cl)cc1Cl. The number of rotatable bonds is 7. The van der Waals surface area contributed by atoms with Crippen molar-refractivity contribution in [3.05, 3.63) is 67.7 Å². The number of hydrogen-bond donors (Lipinski definition) is 0. The number of fused-ring (bicyclic) bond motifs is 1. The Labute approximate surface area is 173 Å². The molecule has 0 aliphatic carbocycles. The van der Waals surface area contributed by atoms with Gasteiger partial charge in [0.05, 0.1) is 15.5 Å². The minimum atomic E-state index is -0.918. The molecule has 2 amide bonds. The quantitative estimate of drug-likeness (QED) is 0.214. The smallest absolute Gasteiger partial charge is 0.326 e. The van der Waals surface area contributed by atoms with Crippen molar-refractivity contribution in [1.29, 1.82) is 0 Å². The van der Waals surface area contributed by atoms with Gasteiger partial charge in [-0.25, -0.2) is 0 Å². The monoisotopic (exact) mass is 438 g/mol.